The van der Waals surface area contributed by atoms with Crippen LogP contribution in [0, 0.1) is 0 Å². The summed E-state index contributed by atoms with van der Waals surface area (Å²) in [4.78, 5) is 15.6. The number of rotatable bonds is 3. The molecule has 2 rings (SSSR count). The lowest BCUT2D eigenvalue weighted by Gasteiger charge is -2.07. The van der Waals surface area contributed by atoms with Gasteiger partial charge in [0, 0.05) is 11.8 Å². The number of nitrogens with zero attached hydrogens (tertiary/aromatic N) is 1. The van der Waals surface area contributed by atoms with Gasteiger partial charge in [-0.3, -0.25) is 5.32 Å². The summed E-state index contributed by atoms with van der Waals surface area (Å²) < 4.78 is 5.13. The summed E-state index contributed by atoms with van der Waals surface area (Å²) in [5.41, 5.74) is 1.02. The van der Waals surface area contributed by atoms with Crippen LogP contribution < -0.4 is 10.1 Å². The minimum absolute atomic E-state index is 0.332. The molecule has 2 aromatic rings. The molecule has 1 N–H and O–H groups in total. The molecule has 21 heavy (non-hydrogen) atoms. The molecule has 0 fully saturated rings. The highest BCUT2D eigenvalue weighted by Gasteiger charge is 2.07. The van der Waals surface area contributed by atoms with E-state index in [0.29, 0.717) is 27.2 Å². The summed E-state index contributed by atoms with van der Waals surface area (Å²) in [6, 6.07) is 11.3. The number of thiocarbonyl (C=S) groups is 1. The van der Waals surface area contributed by atoms with E-state index in [1.165, 1.54) is 6.07 Å². The molecule has 0 atom stereocenters. The number of carbonyl (C=O) groups excluding carboxylic acids is 1. The Morgan fingerprint density at radius 2 is 2.00 bits per heavy atom. The molecule has 0 aliphatic rings. The van der Waals surface area contributed by atoms with Gasteiger partial charge in [-0.05, 0) is 42.5 Å². The Labute approximate surface area is 136 Å². The molecule has 4 nitrogen and oxygen atoms in total. The van der Waals surface area contributed by atoms with E-state index in [-0.39, 0.29) is 0 Å². The van der Waals surface area contributed by atoms with Crippen molar-refractivity contribution >= 4 is 58.0 Å². The first-order valence-corrected chi connectivity index (χ1v) is 6.87. The van der Waals surface area contributed by atoms with Gasteiger partial charge in [0.05, 0.1) is 20.9 Å². The molecule has 7 heteroatoms. The van der Waals surface area contributed by atoms with Crippen molar-refractivity contribution in [1.82, 2.24) is 0 Å². The van der Waals surface area contributed by atoms with E-state index >= 15 is 0 Å². The van der Waals surface area contributed by atoms with Crippen molar-refractivity contribution in [3.05, 3.63) is 52.5 Å². The molecule has 0 bridgehead atoms. The molecular formula is C14H8Cl2N2O2S. The summed E-state index contributed by atoms with van der Waals surface area (Å²) in [7, 11) is 0. The van der Waals surface area contributed by atoms with Crippen LogP contribution in [-0.2, 0) is 0 Å². The fourth-order valence-electron chi connectivity index (χ4n) is 1.49. The van der Waals surface area contributed by atoms with Crippen molar-refractivity contribution in [3.8, 4) is 5.75 Å². The van der Waals surface area contributed by atoms with E-state index in [1.54, 1.807) is 36.4 Å². The van der Waals surface area contributed by atoms with Crippen LogP contribution in [0.3, 0.4) is 0 Å². The number of hydrogen-bond acceptors (Lipinski definition) is 4. The summed E-state index contributed by atoms with van der Waals surface area (Å²) in [6.07, 6.45) is -0.656. The Morgan fingerprint density at radius 1 is 1.19 bits per heavy atom. The molecule has 0 unspecified atom stereocenters. The maximum atomic E-state index is 11.8. The van der Waals surface area contributed by atoms with Crippen molar-refractivity contribution in [2.75, 3.05) is 5.32 Å². The topological polar surface area (TPSA) is 50.7 Å². The highest BCUT2D eigenvalue weighted by molar-refractivity contribution is 7.78. The van der Waals surface area contributed by atoms with Gasteiger partial charge in [0.15, 0.2) is 0 Å². The van der Waals surface area contributed by atoms with Crippen molar-refractivity contribution in [3.63, 3.8) is 0 Å². The quantitative estimate of drug-likeness (QED) is 0.607. The fourth-order valence-corrected chi connectivity index (χ4v) is 1.90. The molecule has 2 aromatic carbocycles. The number of halogens is 2. The second-order valence-corrected chi connectivity index (χ2v) is 4.84. The molecule has 0 aromatic heterocycles. The third-order valence-electron chi connectivity index (χ3n) is 2.37. The van der Waals surface area contributed by atoms with Crippen LogP contribution >= 0.6 is 35.4 Å². The van der Waals surface area contributed by atoms with E-state index in [2.05, 4.69) is 27.7 Å². The SMILES string of the molecule is O=C(Nc1ccc(Cl)c(Cl)c1)Oc1cccc(N=C=S)c1. The van der Waals surface area contributed by atoms with Crippen molar-refractivity contribution in [2.45, 2.75) is 0 Å². The van der Waals surface area contributed by atoms with Gasteiger partial charge in [0.25, 0.3) is 0 Å². The van der Waals surface area contributed by atoms with Crippen LogP contribution in [-0.4, -0.2) is 11.3 Å². The number of amides is 1. The Kier molecular flexibility index (Phi) is 5.31. The third-order valence-corrected chi connectivity index (χ3v) is 3.20. The summed E-state index contributed by atoms with van der Waals surface area (Å²) >= 11 is 16.2. The zero-order valence-electron chi connectivity index (χ0n) is 10.5. The van der Waals surface area contributed by atoms with E-state index in [4.69, 9.17) is 27.9 Å². The van der Waals surface area contributed by atoms with Gasteiger partial charge in [-0.2, -0.15) is 4.99 Å². The number of benzene rings is 2. The lowest BCUT2D eigenvalue weighted by Crippen LogP contribution is -2.16. The monoisotopic (exact) mass is 338 g/mol. The van der Waals surface area contributed by atoms with Gasteiger partial charge in [-0.1, -0.05) is 29.3 Å². The molecule has 0 saturated heterocycles. The largest absolute Gasteiger partial charge is 0.417 e. The normalized spacial score (nSPS) is 9.62. The number of anilines is 1. The van der Waals surface area contributed by atoms with Gasteiger partial charge >= 0.3 is 6.09 Å². The Bertz CT molecular complexity index is 731. The van der Waals surface area contributed by atoms with E-state index in [0.717, 1.165) is 0 Å². The number of hydrogen-bond donors (Lipinski definition) is 1. The summed E-state index contributed by atoms with van der Waals surface area (Å²) in [5.74, 6) is 0.332. The molecule has 0 saturated carbocycles. The first-order chi connectivity index (χ1) is 10.1. The van der Waals surface area contributed by atoms with Gasteiger partial charge < -0.3 is 4.74 Å². The zero-order chi connectivity index (χ0) is 15.2. The van der Waals surface area contributed by atoms with Crippen molar-refractivity contribution < 1.29 is 9.53 Å². The molecule has 106 valence electrons. The predicted octanol–water partition coefficient (Wildman–Crippen LogP) is 5.34. The minimum atomic E-state index is -0.656. The van der Waals surface area contributed by atoms with E-state index < -0.39 is 6.09 Å². The standard InChI is InChI=1S/C14H8Cl2N2O2S/c15-12-5-4-10(7-13(12)16)18-14(19)20-11-3-1-2-9(6-11)17-8-21/h1-7H,(H,18,19). The van der Waals surface area contributed by atoms with Crippen LogP contribution in [0.1, 0.15) is 0 Å². The highest BCUT2D eigenvalue weighted by atomic mass is 35.5. The Hall–Kier alpha value is -1.91. The molecule has 0 radical (unpaired) electrons. The van der Waals surface area contributed by atoms with Crippen LogP contribution in [0.25, 0.3) is 0 Å². The maximum absolute atomic E-state index is 11.8. The van der Waals surface area contributed by atoms with Crippen LogP contribution in [0.2, 0.25) is 10.0 Å². The Morgan fingerprint density at radius 3 is 2.71 bits per heavy atom. The van der Waals surface area contributed by atoms with Gasteiger partial charge in [0.1, 0.15) is 5.75 Å². The van der Waals surface area contributed by atoms with Crippen molar-refractivity contribution in [2.24, 2.45) is 4.99 Å². The minimum Gasteiger partial charge on any atom is -0.410 e. The zero-order valence-corrected chi connectivity index (χ0v) is 12.8. The molecule has 0 spiro atoms. The van der Waals surface area contributed by atoms with Crippen molar-refractivity contribution in [1.29, 1.82) is 0 Å². The average molecular weight is 339 g/mol. The first kappa shape index (κ1) is 15.5. The lowest BCUT2D eigenvalue weighted by atomic mass is 10.3. The van der Waals surface area contributed by atoms with Gasteiger partial charge in [-0.25, -0.2) is 4.79 Å². The number of ether oxygens (including phenoxy) is 1. The fraction of sp³-hybridized carbons (Fsp3) is 0. The van der Waals surface area contributed by atoms with Crippen LogP contribution in [0.4, 0.5) is 16.2 Å². The number of aliphatic imine (C=N–C) groups is 1. The molecule has 0 heterocycles. The van der Waals surface area contributed by atoms with Gasteiger partial charge in [0.2, 0.25) is 0 Å². The number of nitrogens with one attached hydrogen (secondary N) is 1. The highest BCUT2D eigenvalue weighted by Crippen LogP contribution is 2.25. The predicted molar refractivity (Wildman–Crippen MR) is 87.2 cm³/mol. The third kappa shape index (κ3) is 4.55. The average Bonchev–Trinajstić information content (AvgIpc) is 2.43. The van der Waals surface area contributed by atoms with Gasteiger partial charge in [-0.15, -0.1) is 0 Å². The van der Waals surface area contributed by atoms with E-state index in [9.17, 15) is 4.79 Å². The molecule has 0 aliphatic carbocycles. The molecule has 0 aliphatic heterocycles. The van der Waals surface area contributed by atoms with Crippen LogP contribution in [0.15, 0.2) is 47.5 Å². The van der Waals surface area contributed by atoms with Crippen LogP contribution in [0.5, 0.6) is 5.75 Å². The van der Waals surface area contributed by atoms with E-state index in [1.807, 2.05) is 0 Å². The maximum Gasteiger partial charge on any atom is 0.417 e. The smallest absolute Gasteiger partial charge is 0.410 e. The second-order valence-electron chi connectivity index (χ2n) is 3.84. The number of isothiocyanates is 1. The Balaban J connectivity index is 2.06. The lowest BCUT2D eigenvalue weighted by molar-refractivity contribution is 0.215. The number of carbonyl (C=O) groups is 1. The molecular weight excluding hydrogens is 331 g/mol. The second kappa shape index (κ2) is 7.20. The first-order valence-electron chi connectivity index (χ1n) is 5.70. The summed E-state index contributed by atoms with van der Waals surface area (Å²) in [6.45, 7) is 0. The molecule has 1 amide bonds. The summed E-state index contributed by atoms with van der Waals surface area (Å²) in [5, 5.41) is 5.52.